The van der Waals surface area contributed by atoms with Crippen LogP contribution >= 0.6 is 0 Å². The predicted molar refractivity (Wildman–Crippen MR) is 93.5 cm³/mol. The van der Waals surface area contributed by atoms with Crippen LogP contribution < -0.4 is 5.32 Å². The smallest absolute Gasteiger partial charge is 0.407 e. The van der Waals surface area contributed by atoms with E-state index in [9.17, 15) is 4.79 Å². The number of aromatic nitrogens is 4. The number of hydrogen-bond donors (Lipinski definition) is 2. The molecule has 0 aliphatic rings. The Bertz CT molecular complexity index is 500. The van der Waals surface area contributed by atoms with Gasteiger partial charge in [-0.1, -0.05) is 12.8 Å². The highest BCUT2D eigenvalue weighted by Gasteiger charge is 2.15. The standard InChI is InChI=1S/C14H25N3O2.C3H4N2/c1-14(2,3)19-13(18)16-8-6-4-5-7-10-17-11-9-15-12-17;1-2-5-3-4-1/h9,11-12H,4-8,10H2,1-3H3,(H,16,18);1-3H,(H,4,5). The summed E-state index contributed by atoms with van der Waals surface area (Å²) < 4.78 is 7.24. The van der Waals surface area contributed by atoms with Crippen molar-refractivity contribution in [3.63, 3.8) is 0 Å². The van der Waals surface area contributed by atoms with Crippen molar-refractivity contribution in [2.75, 3.05) is 6.54 Å². The van der Waals surface area contributed by atoms with Crippen LogP contribution in [0.2, 0.25) is 0 Å². The second-order valence-electron chi connectivity index (χ2n) is 6.40. The maximum atomic E-state index is 11.4. The topological polar surface area (TPSA) is 84.8 Å². The summed E-state index contributed by atoms with van der Waals surface area (Å²) in [5.41, 5.74) is -0.422. The first-order valence-corrected chi connectivity index (χ1v) is 8.33. The zero-order chi connectivity index (χ0) is 17.7. The lowest BCUT2D eigenvalue weighted by molar-refractivity contribution is 0.0527. The molecular formula is C17H29N5O2. The van der Waals surface area contributed by atoms with Gasteiger partial charge < -0.3 is 19.6 Å². The van der Waals surface area contributed by atoms with Crippen molar-refractivity contribution in [1.82, 2.24) is 24.8 Å². The van der Waals surface area contributed by atoms with E-state index in [1.54, 1.807) is 24.9 Å². The van der Waals surface area contributed by atoms with Gasteiger partial charge in [0, 0.05) is 37.9 Å². The van der Waals surface area contributed by atoms with Crippen LogP contribution in [0.15, 0.2) is 37.4 Å². The van der Waals surface area contributed by atoms with Gasteiger partial charge in [0.15, 0.2) is 0 Å². The van der Waals surface area contributed by atoms with E-state index in [0.29, 0.717) is 6.54 Å². The number of amides is 1. The Kier molecular flexibility index (Phi) is 9.26. The van der Waals surface area contributed by atoms with Crippen molar-refractivity contribution in [2.24, 2.45) is 0 Å². The van der Waals surface area contributed by atoms with E-state index in [0.717, 1.165) is 32.2 Å². The number of aromatic amines is 1. The average molecular weight is 335 g/mol. The molecule has 0 aliphatic heterocycles. The van der Waals surface area contributed by atoms with E-state index in [4.69, 9.17) is 4.74 Å². The molecule has 0 aromatic carbocycles. The fraction of sp³-hybridized carbons (Fsp3) is 0.588. The minimum atomic E-state index is -0.422. The highest BCUT2D eigenvalue weighted by atomic mass is 16.6. The number of aryl methyl sites for hydroxylation is 1. The van der Waals surface area contributed by atoms with Crippen molar-refractivity contribution >= 4 is 6.09 Å². The molecular weight excluding hydrogens is 306 g/mol. The van der Waals surface area contributed by atoms with Gasteiger partial charge in [-0.3, -0.25) is 0 Å². The molecule has 1 amide bonds. The summed E-state index contributed by atoms with van der Waals surface area (Å²) in [5.74, 6) is 0. The Hall–Kier alpha value is -2.31. The number of carbonyl (C=O) groups excluding carboxylic acids is 1. The summed E-state index contributed by atoms with van der Waals surface area (Å²) in [7, 11) is 0. The number of imidazole rings is 2. The van der Waals surface area contributed by atoms with Gasteiger partial charge in [-0.2, -0.15) is 0 Å². The molecule has 0 aliphatic carbocycles. The van der Waals surface area contributed by atoms with Crippen molar-refractivity contribution in [3.05, 3.63) is 37.4 Å². The molecule has 2 heterocycles. The molecule has 134 valence electrons. The number of nitrogens with one attached hydrogen (secondary N) is 2. The number of hydrogen-bond acceptors (Lipinski definition) is 4. The van der Waals surface area contributed by atoms with E-state index < -0.39 is 5.60 Å². The van der Waals surface area contributed by atoms with Crippen molar-refractivity contribution in [1.29, 1.82) is 0 Å². The van der Waals surface area contributed by atoms with E-state index in [1.807, 2.05) is 33.3 Å². The van der Waals surface area contributed by atoms with E-state index in [2.05, 4.69) is 24.8 Å². The Morgan fingerprint density at radius 1 is 1.17 bits per heavy atom. The quantitative estimate of drug-likeness (QED) is 0.760. The van der Waals surface area contributed by atoms with Crippen LogP contribution in [-0.4, -0.2) is 37.8 Å². The summed E-state index contributed by atoms with van der Waals surface area (Å²) >= 11 is 0. The highest BCUT2D eigenvalue weighted by Crippen LogP contribution is 2.06. The van der Waals surface area contributed by atoms with Gasteiger partial charge in [0.1, 0.15) is 5.60 Å². The maximum absolute atomic E-state index is 11.4. The van der Waals surface area contributed by atoms with Gasteiger partial charge in [-0.15, -0.1) is 0 Å². The highest BCUT2D eigenvalue weighted by molar-refractivity contribution is 5.67. The Morgan fingerprint density at radius 2 is 1.96 bits per heavy atom. The second-order valence-corrected chi connectivity index (χ2v) is 6.40. The molecule has 0 saturated heterocycles. The van der Waals surface area contributed by atoms with Crippen LogP contribution in [0.4, 0.5) is 4.79 Å². The summed E-state index contributed by atoms with van der Waals surface area (Å²) in [6.45, 7) is 7.29. The number of rotatable bonds is 7. The molecule has 0 unspecified atom stereocenters. The molecule has 0 bridgehead atoms. The first kappa shape index (κ1) is 19.7. The molecule has 0 radical (unpaired) electrons. The lowest BCUT2D eigenvalue weighted by atomic mass is 10.2. The van der Waals surface area contributed by atoms with Crippen LogP contribution in [0, 0.1) is 0 Å². The van der Waals surface area contributed by atoms with E-state index in [1.165, 1.54) is 0 Å². The SMILES string of the molecule is CC(C)(C)OC(=O)NCCCCCCn1ccnc1.c1c[nH]cn1. The number of carbonyl (C=O) groups is 1. The fourth-order valence-corrected chi connectivity index (χ4v) is 1.91. The average Bonchev–Trinajstić information content (AvgIpc) is 3.20. The van der Waals surface area contributed by atoms with Crippen LogP contribution in [0.25, 0.3) is 0 Å². The van der Waals surface area contributed by atoms with Crippen molar-refractivity contribution < 1.29 is 9.53 Å². The number of unbranched alkanes of at least 4 members (excludes halogenated alkanes) is 3. The molecule has 24 heavy (non-hydrogen) atoms. The third-order valence-electron chi connectivity index (χ3n) is 2.98. The molecule has 0 saturated carbocycles. The maximum Gasteiger partial charge on any atom is 0.407 e. The Morgan fingerprint density at radius 3 is 2.50 bits per heavy atom. The summed E-state index contributed by atoms with van der Waals surface area (Å²) in [4.78, 5) is 21.8. The molecule has 2 rings (SSSR count). The van der Waals surface area contributed by atoms with Gasteiger partial charge in [0.05, 0.1) is 12.7 Å². The molecule has 7 heteroatoms. The van der Waals surface area contributed by atoms with Gasteiger partial charge in [-0.05, 0) is 33.6 Å². The predicted octanol–water partition coefficient (Wildman–Crippen LogP) is 3.38. The minimum Gasteiger partial charge on any atom is -0.444 e. The first-order valence-electron chi connectivity index (χ1n) is 8.33. The number of ether oxygens (including phenoxy) is 1. The summed E-state index contributed by atoms with van der Waals surface area (Å²) in [5, 5.41) is 2.77. The normalized spacial score (nSPS) is 10.6. The summed E-state index contributed by atoms with van der Waals surface area (Å²) in [6, 6.07) is 0. The molecule has 2 aromatic heterocycles. The van der Waals surface area contributed by atoms with Gasteiger partial charge in [0.2, 0.25) is 0 Å². The third kappa shape index (κ3) is 11.3. The molecule has 0 spiro atoms. The zero-order valence-electron chi connectivity index (χ0n) is 14.9. The Balaban J connectivity index is 0.000000488. The molecule has 2 aromatic rings. The second kappa shape index (κ2) is 11.3. The van der Waals surface area contributed by atoms with Gasteiger partial charge in [-0.25, -0.2) is 14.8 Å². The monoisotopic (exact) mass is 335 g/mol. The van der Waals surface area contributed by atoms with E-state index in [-0.39, 0.29) is 6.09 Å². The zero-order valence-corrected chi connectivity index (χ0v) is 14.9. The molecule has 0 atom stereocenters. The first-order chi connectivity index (χ1) is 11.5. The number of H-pyrrole nitrogens is 1. The van der Waals surface area contributed by atoms with Crippen molar-refractivity contribution in [2.45, 2.75) is 58.6 Å². The molecule has 2 N–H and O–H groups in total. The summed E-state index contributed by atoms with van der Waals surface area (Å²) in [6.07, 6.45) is 14.8. The lowest BCUT2D eigenvalue weighted by Crippen LogP contribution is -2.32. The fourth-order valence-electron chi connectivity index (χ4n) is 1.91. The minimum absolute atomic E-state index is 0.328. The van der Waals surface area contributed by atoms with Crippen LogP contribution in [0.1, 0.15) is 46.5 Å². The van der Waals surface area contributed by atoms with Crippen molar-refractivity contribution in [3.8, 4) is 0 Å². The molecule has 7 nitrogen and oxygen atoms in total. The largest absolute Gasteiger partial charge is 0.444 e. The number of nitrogens with zero attached hydrogens (tertiary/aromatic N) is 3. The Labute approximate surface area is 143 Å². The van der Waals surface area contributed by atoms with Gasteiger partial charge in [0.25, 0.3) is 0 Å². The van der Waals surface area contributed by atoms with E-state index >= 15 is 0 Å². The third-order valence-corrected chi connectivity index (χ3v) is 2.98. The number of alkyl carbamates (subject to hydrolysis) is 1. The van der Waals surface area contributed by atoms with Gasteiger partial charge >= 0.3 is 6.09 Å². The van der Waals surface area contributed by atoms with Crippen LogP contribution in [-0.2, 0) is 11.3 Å². The van der Waals surface area contributed by atoms with Crippen LogP contribution in [0.3, 0.4) is 0 Å². The lowest BCUT2D eigenvalue weighted by Gasteiger charge is -2.19. The van der Waals surface area contributed by atoms with Crippen LogP contribution in [0.5, 0.6) is 0 Å². The molecule has 0 fully saturated rings.